The molecular formula is C17H22N2O. The van der Waals surface area contributed by atoms with Crippen molar-refractivity contribution in [3.63, 3.8) is 0 Å². The quantitative estimate of drug-likeness (QED) is 0.905. The van der Waals surface area contributed by atoms with Gasteiger partial charge in [-0.2, -0.15) is 0 Å². The largest absolute Gasteiger partial charge is 0.387 e. The van der Waals surface area contributed by atoms with Gasteiger partial charge in [-0.15, -0.1) is 0 Å². The van der Waals surface area contributed by atoms with E-state index >= 15 is 0 Å². The van der Waals surface area contributed by atoms with Crippen LogP contribution in [-0.2, 0) is 0 Å². The summed E-state index contributed by atoms with van der Waals surface area (Å²) in [5.74, 6) is 0. The van der Waals surface area contributed by atoms with Gasteiger partial charge in [-0.3, -0.25) is 4.90 Å². The number of fused-ring (bicyclic) bond motifs is 1. The van der Waals surface area contributed by atoms with E-state index in [9.17, 15) is 5.11 Å². The number of hydrogen-bond donors (Lipinski definition) is 1. The molecule has 106 valence electrons. The summed E-state index contributed by atoms with van der Waals surface area (Å²) in [6, 6.07) is 14.7. The molecule has 0 aromatic heterocycles. The molecule has 0 aliphatic carbocycles. The Morgan fingerprint density at radius 3 is 2.60 bits per heavy atom. The van der Waals surface area contributed by atoms with Crippen molar-refractivity contribution in [2.75, 3.05) is 33.7 Å². The highest BCUT2D eigenvalue weighted by atomic mass is 16.3. The minimum atomic E-state index is -0.438. The Morgan fingerprint density at radius 1 is 1.05 bits per heavy atom. The van der Waals surface area contributed by atoms with E-state index in [2.05, 4.69) is 54.2 Å². The van der Waals surface area contributed by atoms with Crippen LogP contribution >= 0.6 is 0 Å². The van der Waals surface area contributed by atoms with Crippen molar-refractivity contribution in [1.82, 2.24) is 9.80 Å². The van der Waals surface area contributed by atoms with E-state index in [-0.39, 0.29) is 6.04 Å². The van der Waals surface area contributed by atoms with Crippen molar-refractivity contribution in [3.8, 4) is 0 Å². The van der Waals surface area contributed by atoms with Gasteiger partial charge in [0, 0.05) is 19.6 Å². The van der Waals surface area contributed by atoms with Crippen LogP contribution in [0.3, 0.4) is 0 Å². The predicted octanol–water partition coefficient (Wildman–Crippen LogP) is 2.12. The Labute approximate surface area is 120 Å². The number of hydrogen-bond acceptors (Lipinski definition) is 3. The maximum absolute atomic E-state index is 10.7. The van der Waals surface area contributed by atoms with Gasteiger partial charge < -0.3 is 10.0 Å². The molecule has 3 rings (SSSR count). The second kappa shape index (κ2) is 5.52. The number of nitrogens with zero attached hydrogens (tertiary/aromatic N) is 2. The standard InChI is InChI=1S/C17H22N2O/c1-18-9-10-19(2)16(12-18)17(20)15-8-7-13-5-3-4-6-14(13)11-15/h3-8,11,16-17,20H,9-10,12H2,1-2H3. The molecule has 0 amide bonds. The van der Waals surface area contributed by atoms with E-state index in [1.165, 1.54) is 10.8 Å². The summed E-state index contributed by atoms with van der Waals surface area (Å²) < 4.78 is 0. The zero-order chi connectivity index (χ0) is 14.1. The molecule has 1 saturated heterocycles. The maximum atomic E-state index is 10.7. The van der Waals surface area contributed by atoms with Crippen molar-refractivity contribution in [2.24, 2.45) is 0 Å². The van der Waals surface area contributed by atoms with E-state index in [1.807, 2.05) is 12.1 Å². The minimum Gasteiger partial charge on any atom is -0.387 e. The van der Waals surface area contributed by atoms with Crippen LogP contribution in [0.5, 0.6) is 0 Å². The minimum absolute atomic E-state index is 0.162. The first kappa shape index (κ1) is 13.6. The Kier molecular flexibility index (Phi) is 3.74. The normalized spacial score (nSPS) is 23.1. The second-order valence-electron chi connectivity index (χ2n) is 5.86. The number of aliphatic hydroxyl groups excluding tert-OH is 1. The number of aliphatic hydroxyl groups is 1. The Bertz CT molecular complexity index is 598. The van der Waals surface area contributed by atoms with Gasteiger partial charge in [-0.1, -0.05) is 36.4 Å². The molecular weight excluding hydrogens is 248 g/mol. The molecule has 1 aliphatic rings. The van der Waals surface area contributed by atoms with Gasteiger partial charge in [0.2, 0.25) is 0 Å². The summed E-state index contributed by atoms with van der Waals surface area (Å²) in [5, 5.41) is 13.1. The highest BCUT2D eigenvalue weighted by Crippen LogP contribution is 2.26. The Balaban J connectivity index is 1.89. The van der Waals surface area contributed by atoms with E-state index in [4.69, 9.17) is 0 Å². The third kappa shape index (κ3) is 2.57. The van der Waals surface area contributed by atoms with Crippen LogP contribution in [0.4, 0.5) is 0 Å². The molecule has 1 N–H and O–H groups in total. The van der Waals surface area contributed by atoms with Crippen LogP contribution in [0, 0.1) is 0 Å². The third-order valence-corrected chi connectivity index (χ3v) is 4.38. The van der Waals surface area contributed by atoms with Crippen LogP contribution in [0.25, 0.3) is 10.8 Å². The van der Waals surface area contributed by atoms with E-state index in [0.29, 0.717) is 0 Å². The lowest BCUT2D eigenvalue weighted by atomic mass is 9.97. The lowest BCUT2D eigenvalue weighted by Crippen LogP contribution is -2.52. The lowest BCUT2D eigenvalue weighted by molar-refractivity contribution is 0.0139. The molecule has 1 fully saturated rings. The molecule has 2 unspecified atom stereocenters. The molecule has 0 radical (unpaired) electrons. The smallest absolute Gasteiger partial charge is 0.0957 e. The maximum Gasteiger partial charge on any atom is 0.0957 e. The molecule has 2 atom stereocenters. The van der Waals surface area contributed by atoms with Gasteiger partial charge in [-0.05, 0) is 36.5 Å². The first-order chi connectivity index (χ1) is 9.65. The summed E-state index contributed by atoms with van der Waals surface area (Å²) in [4.78, 5) is 4.55. The molecule has 3 nitrogen and oxygen atoms in total. The second-order valence-corrected chi connectivity index (χ2v) is 5.86. The molecule has 3 heteroatoms. The van der Waals surface area contributed by atoms with Crippen molar-refractivity contribution in [1.29, 1.82) is 0 Å². The average Bonchev–Trinajstić information content (AvgIpc) is 2.48. The van der Waals surface area contributed by atoms with Crippen molar-refractivity contribution >= 4 is 10.8 Å². The predicted molar refractivity (Wildman–Crippen MR) is 82.8 cm³/mol. The van der Waals surface area contributed by atoms with Crippen molar-refractivity contribution in [2.45, 2.75) is 12.1 Å². The molecule has 1 heterocycles. The van der Waals surface area contributed by atoms with Gasteiger partial charge in [0.1, 0.15) is 0 Å². The van der Waals surface area contributed by atoms with Gasteiger partial charge >= 0.3 is 0 Å². The summed E-state index contributed by atoms with van der Waals surface area (Å²) in [6.07, 6.45) is -0.438. The summed E-state index contributed by atoms with van der Waals surface area (Å²) in [5.41, 5.74) is 1.01. The SMILES string of the molecule is CN1CCN(C)C(C(O)c2ccc3ccccc3c2)C1. The Morgan fingerprint density at radius 2 is 1.80 bits per heavy atom. The molecule has 2 aromatic rings. The number of likely N-dealkylation sites (N-methyl/N-ethyl adjacent to an activating group) is 2. The van der Waals surface area contributed by atoms with Crippen LogP contribution in [0.2, 0.25) is 0 Å². The summed E-state index contributed by atoms with van der Waals surface area (Å²) in [6.45, 7) is 2.98. The molecule has 0 saturated carbocycles. The fourth-order valence-electron chi connectivity index (χ4n) is 3.00. The highest BCUT2D eigenvalue weighted by molar-refractivity contribution is 5.83. The fourth-order valence-corrected chi connectivity index (χ4v) is 3.00. The molecule has 0 bridgehead atoms. The number of piperazine rings is 1. The first-order valence-corrected chi connectivity index (χ1v) is 7.21. The van der Waals surface area contributed by atoms with Crippen molar-refractivity contribution in [3.05, 3.63) is 48.0 Å². The molecule has 0 spiro atoms. The third-order valence-electron chi connectivity index (χ3n) is 4.38. The van der Waals surface area contributed by atoms with E-state index < -0.39 is 6.10 Å². The Hall–Kier alpha value is -1.42. The highest BCUT2D eigenvalue weighted by Gasteiger charge is 2.29. The van der Waals surface area contributed by atoms with Gasteiger partial charge in [0.25, 0.3) is 0 Å². The average molecular weight is 270 g/mol. The molecule has 2 aromatic carbocycles. The first-order valence-electron chi connectivity index (χ1n) is 7.21. The van der Waals surface area contributed by atoms with Crippen LogP contribution in [-0.4, -0.2) is 54.7 Å². The van der Waals surface area contributed by atoms with E-state index in [1.54, 1.807) is 0 Å². The summed E-state index contributed by atoms with van der Waals surface area (Å²) in [7, 11) is 4.22. The molecule has 20 heavy (non-hydrogen) atoms. The monoisotopic (exact) mass is 270 g/mol. The zero-order valence-electron chi connectivity index (χ0n) is 12.2. The van der Waals surface area contributed by atoms with E-state index in [0.717, 1.165) is 25.2 Å². The molecule has 1 aliphatic heterocycles. The number of rotatable bonds is 2. The van der Waals surface area contributed by atoms with Gasteiger partial charge in [0.05, 0.1) is 12.1 Å². The lowest BCUT2D eigenvalue weighted by Gasteiger charge is -2.40. The number of benzene rings is 2. The fraction of sp³-hybridized carbons (Fsp3) is 0.412. The van der Waals surface area contributed by atoms with Crippen LogP contribution in [0.15, 0.2) is 42.5 Å². The topological polar surface area (TPSA) is 26.7 Å². The van der Waals surface area contributed by atoms with Crippen LogP contribution < -0.4 is 0 Å². The summed E-state index contributed by atoms with van der Waals surface area (Å²) >= 11 is 0. The van der Waals surface area contributed by atoms with Gasteiger partial charge in [0.15, 0.2) is 0 Å². The zero-order valence-corrected chi connectivity index (χ0v) is 12.2. The van der Waals surface area contributed by atoms with Gasteiger partial charge in [-0.25, -0.2) is 0 Å². The van der Waals surface area contributed by atoms with Crippen LogP contribution in [0.1, 0.15) is 11.7 Å². The van der Waals surface area contributed by atoms with Crippen molar-refractivity contribution < 1.29 is 5.11 Å².